The van der Waals surface area contributed by atoms with Crippen molar-refractivity contribution in [3.8, 4) is 0 Å². The Morgan fingerprint density at radius 1 is 1.39 bits per heavy atom. The molecule has 0 spiro atoms. The molecule has 1 aromatic carbocycles. The van der Waals surface area contributed by atoms with Gasteiger partial charge in [0.05, 0.1) is 6.54 Å². The van der Waals surface area contributed by atoms with Crippen molar-refractivity contribution in [3.63, 3.8) is 0 Å². The molecule has 0 aliphatic rings. The van der Waals surface area contributed by atoms with E-state index in [1.54, 1.807) is 19.0 Å². The molecule has 0 atom stereocenters. The van der Waals surface area contributed by atoms with Crippen molar-refractivity contribution in [2.24, 2.45) is 5.73 Å². The first-order valence-electron chi connectivity index (χ1n) is 5.33. The summed E-state index contributed by atoms with van der Waals surface area (Å²) in [7, 11) is 5.30. The van der Waals surface area contributed by atoms with Crippen LogP contribution in [0.15, 0.2) is 22.7 Å². The topological polar surface area (TPSA) is 49.6 Å². The van der Waals surface area contributed by atoms with Gasteiger partial charge in [0.2, 0.25) is 5.91 Å². The molecule has 18 heavy (non-hydrogen) atoms. The van der Waals surface area contributed by atoms with Crippen molar-refractivity contribution in [3.05, 3.63) is 28.2 Å². The quantitative estimate of drug-likeness (QED) is 0.852. The van der Waals surface area contributed by atoms with Crippen molar-refractivity contribution in [2.75, 3.05) is 32.6 Å². The number of thiocarbonyl (C=S) groups is 1. The first-order chi connectivity index (χ1) is 8.32. The third-order valence-electron chi connectivity index (χ3n) is 2.51. The number of anilines is 1. The van der Waals surface area contributed by atoms with Crippen LogP contribution >= 0.6 is 28.1 Å². The number of rotatable bonds is 4. The summed E-state index contributed by atoms with van der Waals surface area (Å²) in [4.78, 5) is 15.4. The highest BCUT2D eigenvalue weighted by molar-refractivity contribution is 9.10. The van der Waals surface area contributed by atoms with E-state index in [2.05, 4.69) is 15.9 Å². The number of nitrogens with zero attached hydrogens (tertiary/aromatic N) is 2. The van der Waals surface area contributed by atoms with Gasteiger partial charge in [-0.25, -0.2) is 0 Å². The average Bonchev–Trinajstić information content (AvgIpc) is 2.28. The molecule has 0 aromatic heterocycles. The lowest BCUT2D eigenvalue weighted by Gasteiger charge is -2.23. The maximum absolute atomic E-state index is 11.7. The third kappa shape index (κ3) is 3.68. The van der Waals surface area contributed by atoms with Crippen LogP contribution in [0.25, 0.3) is 0 Å². The Hall–Kier alpha value is -1.14. The van der Waals surface area contributed by atoms with Gasteiger partial charge in [-0.3, -0.25) is 4.79 Å². The van der Waals surface area contributed by atoms with E-state index in [0.29, 0.717) is 4.99 Å². The molecule has 0 heterocycles. The molecule has 0 saturated heterocycles. The second-order valence-electron chi connectivity index (χ2n) is 4.17. The first-order valence-corrected chi connectivity index (χ1v) is 6.53. The minimum atomic E-state index is 0.0225. The van der Waals surface area contributed by atoms with Crippen LogP contribution in [0.4, 0.5) is 5.69 Å². The summed E-state index contributed by atoms with van der Waals surface area (Å²) in [5.41, 5.74) is 7.31. The Kier molecular flexibility index (Phi) is 5.10. The Labute approximate surface area is 121 Å². The highest BCUT2D eigenvalue weighted by atomic mass is 79.9. The fraction of sp³-hybridized carbons (Fsp3) is 0.333. The molecule has 0 saturated carbocycles. The predicted octanol–water partition coefficient (Wildman–Crippen LogP) is 1.61. The monoisotopic (exact) mass is 329 g/mol. The maximum atomic E-state index is 11.7. The predicted molar refractivity (Wildman–Crippen MR) is 82.0 cm³/mol. The van der Waals surface area contributed by atoms with Crippen molar-refractivity contribution in [1.29, 1.82) is 0 Å². The summed E-state index contributed by atoms with van der Waals surface area (Å²) in [5, 5.41) is 0. The summed E-state index contributed by atoms with van der Waals surface area (Å²) in [6, 6.07) is 5.64. The van der Waals surface area contributed by atoms with Crippen molar-refractivity contribution in [1.82, 2.24) is 4.90 Å². The van der Waals surface area contributed by atoms with Crippen LogP contribution in [0.3, 0.4) is 0 Å². The normalized spacial score (nSPS) is 10.0. The lowest BCUT2D eigenvalue weighted by molar-refractivity contribution is -0.127. The molecule has 4 nitrogen and oxygen atoms in total. The minimum absolute atomic E-state index is 0.0225. The second-order valence-corrected chi connectivity index (χ2v) is 5.53. The molecule has 1 aromatic rings. The van der Waals surface area contributed by atoms with E-state index in [4.69, 9.17) is 18.0 Å². The number of amides is 1. The number of carbonyl (C=O) groups is 1. The fourth-order valence-corrected chi connectivity index (χ4v) is 1.99. The SMILES string of the molecule is CN(C)C(=O)CN(C)c1ccc(Br)cc1C(N)=S. The van der Waals surface area contributed by atoms with Crippen molar-refractivity contribution in [2.45, 2.75) is 0 Å². The number of halogens is 1. The number of hydrogen-bond donors (Lipinski definition) is 1. The Morgan fingerprint density at radius 2 is 2.00 bits per heavy atom. The van der Waals surface area contributed by atoms with Gasteiger partial charge in [0.15, 0.2) is 0 Å². The summed E-state index contributed by atoms with van der Waals surface area (Å²) in [6.45, 7) is 0.282. The molecule has 98 valence electrons. The summed E-state index contributed by atoms with van der Waals surface area (Å²) >= 11 is 8.41. The molecule has 0 bridgehead atoms. The Morgan fingerprint density at radius 3 is 2.50 bits per heavy atom. The van der Waals surface area contributed by atoms with Crippen LogP contribution in [0, 0.1) is 0 Å². The smallest absolute Gasteiger partial charge is 0.241 e. The van der Waals surface area contributed by atoms with E-state index >= 15 is 0 Å². The van der Waals surface area contributed by atoms with Gasteiger partial charge >= 0.3 is 0 Å². The molecule has 0 fully saturated rings. The number of benzene rings is 1. The molecule has 1 rings (SSSR count). The maximum Gasteiger partial charge on any atom is 0.241 e. The average molecular weight is 330 g/mol. The fourth-order valence-electron chi connectivity index (χ4n) is 1.47. The van der Waals surface area contributed by atoms with Crippen LogP contribution in [-0.2, 0) is 4.79 Å². The van der Waals surface area contributed by atoms with Gasteiger partial charge in [0.25, 0.3) is 0 Å². The molecule has 0 unspecified atom stereocenters. The van der Waals surface area contributed by atoms with Gasteiger partial charge in [-0.15, -0.1) is 0 Å². The van der Waals surface area contributed by atoms with Crippen LogP contribution < -0.4 is 10.6 Å². The largest absolute Gasteiger partial charge is 0.389 e. The van der Waals surface area contributed by atoms with Crippen molar-refractivity contribution < 1.29 is 4.79 Å². The van der Waals surface area contributed by atoms with E-state index in [9.17, 15) is 4.79 Å². The number of hydrogen-bond acceptors (Lipinski definition) is 3. The first kappa shape index (κ1) is 14.9. The highest BCUT2D eigenvalue weighted by Crippen LogP contribution is 2.23. The zero-order chi connectivity index (χ0) is 13.9. The molecule has 0 aliphatic heterocycles. The van der Waals surface area contributed by atoms with Gasteiger partial charge in [-0.2, -0.15) is 0 Å². The van der Waals surface area contributed by atoms with E-state index in [1.807, 2.05) is 30.1 Å². The molecule has 6 heteroatoms. The van der Waals surface area contributed by atoms with Crippen LogP contribution in [-0.4, -0.2) is 43.5 Å². The summed E-state index contributed by atoms with van der Waals surface area (Å²) < 4.78 is 0.904. The highest BCUT2D eigenvalue weighted by Gasteiger charge is 2.14. The van der Waals surface area contributed by atoms with Gasteiger partial charge in [0.1, 0.15) is 4.99 Å². The number of carbonyl (C=O) groups excluding carboxylic acids is 1. The van der Waals surface area contributed by atoms with E-state index in [-0.39, 0.29) is 12.5 Å². The zero-order valence-corrected chi connectivity index (χ0v) is 13.0. The van der Waals surface area contributed by atoms with Gasteiger partial charge in [0, 0.05) is 36.9 Å². The van der Waals surface area contributed by atoms with Crippen LogP contribution in [0.2, 0.25) is 0 Å². The molecular formula is C12H16BrN3OS. The van der Waals surface area contributed by atoms with Crippen molar-refractivity contribution >= 4 is 44.7 Å². The van der Waals surface area contributed by atoms with E-state index in [1.165, 1.54) is 0 Å². The molecule has 0 aliphatic carbocycles. The Bertz CT molecular complexity index is 476. The third-order valence-corrected chi connectivity index (χ3v) is 3.22. The van der Waals surface area contributed by atoms with Crippen LogP contribution in [0.1, 0.15) is 5.56 Å². The number of likely N-dealkylation sites (N-methyl/N-ethyl adjacent to an activating group) is 2. The van der Waals surface area contributed by atoms with E-state index < -0.39 is 0 Å². The molecule has 0 radical (unpaired) electrons. The summed E-state index contributed by atoms with van der Waals surface area (Å²) in [6.07, 6.45) is 0. The Balaban J connectivity index is 3.02. The summed E-state index contributed by atoms with van der Waals surface area (Å²) in [5.74, 6) is 0.0225. The lowest BCUT2D eigenvalue weighted by atomic mass is 10.1. The lowest BCUT2D eigenvalue weighted by Crippen LogP contribution is -2.35. The zero-order valence-electron chi connectivity index (χ0n) is 10.6. The number of nitrogens with two attached hydrogens (primary N) is 1. The van der Waals surface area contributed by atoms with Gasteiger partial charge < -0.3 is 15.5 Å². The minimum Gasteiger partial charge on any atom is -0.389 e. The van der Waals surface area contributed by atoms with Gasteiger partial charge in [-0.05, 0) is 18.2 Å². The second kappa shape index (κ2) is 6.15. The van der Waals surface area contributed by atoms with Crippen LogP contribution in [0.5, 0.6) is 0 Å². The molecule has 2 N–H and O–H groups in total. The standard InChI is InChI=1S/C12H16BrN3OS/c1-15(2)11(17)7-16(3)10-5-4-8(13)6-9(10)12(14)18/h4-6H,7H2,1-3H3,(H2,14,18). The van der Waals surface area contributed by atoms with E-state index in [0.717, 1.165) is 15.7 Å². The van der Waals surface area contributed by atoms with Gasteiger partial charge in [-0.1, -0.05) is 28.1 Å². The molecule has 1 amide bonds. The molecular weight excluding hydrogens is 314 g/mol.